The largest absolute Gasteiger partial charge is 0.497 e. The Morgan fingerprint density at radius 3 is 2.19 bits per heavy atom. The lowest BCUT2D eigenvalue weighted by Crippen LogP contribution is -2.15. The van der Waals surface area contributed by atoms with Crippen molar-refractivity contribution in [3.8, 4) is 34.0 Å². The molecular weight excluding hydrogens is 542 g/mol. The van der Waals surface area contributed by atoms with Gasteiger partial charge in [0.25, 0.3) is 0 Å². The molecule has 42 heavy (non-hydrogen) atoms. The Morgan fingerprint density at radius 1 is 0.881 bits per heavy atom. The SMILES string of the molecule is COc1ccc(C(c2ccc(OC)cc2)n2nc(-c3ccsc3)c3c2-c2cc(CNc4ncccn4)ccc2C3)cc1. The highest BCUT2D eigenvalue weighted by molar-refractivity contribution is 7.08. The van der Waals surface area contributed by atoms with E-state index in [-0.39, 0.29) is 6.04 Å². The van der Waals surface area contributed by atoms with Crippen LogP contribution in [0.5, 0.6) is 11.5 Å². The normalized spacial score (nSPS) is 11.8. The van der Waals surface area contributed by atoms with E-state index < -0.39 is 0 Å². The van der Waals surface area contributed by atoms with Gasteiger partial charge in [0.2, 0.25) is 5.95 Å². The molecule has 0 amide bonds. The summed E-state index contributed by atoms with van der Waals surface area (Å²) in [6.07, 6.45) is 4.32. The molecule has 8 heteroatoms. The molecule has 1 aliphatic rings. The number of nitrogens with zero attached hydrogens (tertiary/aromatic N) is 4. The summed E-state index contributed by atoms with van der Waals surface area (Å²) in [5.74, 6) is 2.26. The summed E-state index contributed by atoms with van der Waals surface area (Å²) in [7, 11) is 3.38. The molecule has 1 aliphatic carbocycles. The highest BCUT2D eigenvalue weighted by Crippen LogP contribution is 2.45. The number of benzene rings is 3. The molecule has 3 aromatic carbocycles. The molecule has 6 aromatic rings. The molecule has 3 heterocycles. The first-order valence-corrected chi connectivity index (χ1v) is 14.7. The third kappa shape index (κ3) is 4.80. The molecule has 0 radical (unpaired) electrons. The fourth-order valence-electron chi connectivity index (χ4n) is 5.66. The summed E-state index contributed by atoms with van der Waals surface area (Å²) < 4.78 is 13.2. The van der Waals surface area contributed by atoms with Gasteiger partial charge in [0.05, 0.1) is 25.6 Å². The van der Waals surface area contributed by atoms with E-state index in [2.05, 4.69) is 79.3 Å². The van der Waals surface area contributed by atoms with Gasteiger partial charge in [-0.15, -0.1) is 0 Å². The second-order valence-electron chi connectivity index (χ2n) is 10.2. The van der Waals surface area contributed by atoms with Crippen LogP contribution in [0.2, 0.25) is 0 Å². The van der Waals surface area contributed by atoms with Crippen molar-refractivity contribution in [3.05, 3.63) is 130 Å². The van der Waals surface area contributed by atoms with Crippen molar-refractivity contribution in [2.75, 3.05) is 19.5 Å². The number of nitrogens with one attached hydrogen (secondary N) is 1. The molecule has 0 bridgehead atoms. The molecule has 0 saturated carbocycles. The fraction of sp³-hybridized carbons (Fsp3) is 0.147. The maximum Gasteiger partial charge on any atom is 0.222 e. The number of aromatic nitrogens is 4. The fourth-order valence-corrected chi connectivity index (χ4v) is 6.30. The summed E-state index contributed by atoms with van der Waals surface area (Å²) in [5, 5.41) is 13.0. The van der Waals surface area contributed by atoms with E-state index in [9.17, 15) is 0 Å². The minimum atomic E-state index is -0.159. The summed E-state index contributed by atoms with van der Waals surface area (Å²) in [6, 6.07) is 27.1. The minimum absolute atomic E-state index is 0.159. The molecule has 0 saturated heterocycles. The summed E-state index contributed by atoms with van der Waals surface area (Å²) in [4.78, 5) is 8.62. The van der Waals surface area contributed by atoms with Crippen LogP contribution in [0.25, 0.3) is 22.5 Å². The van der Waals surface area contributed by atoms with Gasteiger partial charge in [-0.3, -0.25) is 4.68 Å². The van der Waals surface area contributed by atoms with Crippen LogP contribution in [-0.4, -0.2) is 34.0 Å². The van der Waals surface area contributed by atoms with Crippen LogP contribution >= 0.6 is 11.3 Å². The van der Waals surface area contributed by atoms with E-state index in [1.54, 1.807) is 38.0 Å². The molecule has 0 spiro atoms. The van der Waals surface area contributed by atoms with Crippen LogP contribution in [0.15, 0.2) is 102 Å². The zero-order valence-corrected chi connectivity index (χ0v) is 24.1. The summed E-state index contributed by atoms with van der Waals surface area (Å²) in [6.45, 7) is 0.624. The average molecular weight is 572 g/mol. The van der Waals surface area contributed by atoms with Crippen molar-refractivity contribution in [2.45, 2.75) is 19.0 Å². The first-order valence-electron chi connectivity index (χ1n) is 13.8. The molecule has 0 fully saturated rings. The Hall–Kier alpha value is -4.95. The molecule has 1 N–H and O–H groups in total. The number of fused-ring (bicyclic) bond motifs is 3. The highest BCUT2D eigenvalue weighted by Gasteiger charge is 2.32. The highest BCUT2D eigenvalue weighted by atomic mass is 32.1. The van der Waals surface area contributed by atoms with Crippen LogP contribution in [0.4, 0.5) is 5.95 Å². The van der Waals surface area contributed by atoms with E-state index in [1.807, 2.05) is 30.3 Å². The molecule has 0 unspecified atom stereocenters. The minimum Gasteiger partial charge on any atom is -0.497 e. The Morgan fingerprint density at radius 2 is 1.57 bits per heavy atom. The molecule has 3 aromatic heterocycles. The number of rotatable bonds is 9. The standard InChI is InChI=1S/C34H29N5O2S/c1-40-27-10-6-23(7-11-27)32(24-8-12-28(41-2)13-9-24)39-33-29-18-22(20-37-34-35-15-3-16-36-34)4-5-25(29)19-30(33)31(38-39)26-14-17-42-21-26/h3-18,21,32H,19-20H2,1-2H3,(H,35,36,37). The van der Waals surface area contributed by atoms with Crippen LogP contribution < -0.4 is 14.8 Å². The van der Waals surface area contributed by atoms with Crippen molar-refractivity contribution >= 4 is 17.3 Å². The second-order valence-corrected chi connectivity index (χ2v) is 11.0. The van der Waals surface area contributed by atoms with E-state index in [0.29, 0.717) is 12.5 Å². The van der Waals surface area contributed by atoms with Gasteiger partial charge >= 0.3 is 0 Å². The lowest BCUT2D eigenvalue weighted by atomic mass is 9.97. The lowest BCUT2D eigenvalue weighted by molar-refractivity contribution is 0.414. The predicted octanol–water partition coefficient (Wildman–Crippen LogP) is 7.24. The predicted molar refractivity (Wildman–Crippen MR) is 166 cm³/mol. The number of anilines is 1. The molecule has 0 aliphatic heterocycles. The van der Waals surface area contributed by atoms with Crippen LogP contribution in [0.3, 0.4) is 0 Å². The number of thiophene rings is 1. The van der Waals surface area contributed by atoms with Crippen molar-refractivity contribution in [1.29, 1.82) is 0 Å². The summed E-state index contributed by atoms with van der Waals surface area (Å²) in [5.41, 5.74) is 10.5. The lowest BCUT2D eigenvalue weighted by Gasteiger charge is -2.22. The molecule has 208 valence electrons. The van der Waals surface area contributed by atoms with Crippen molar-refractivity contribution < 1.29 is 9.47 Å². The Kier molecular flexibility index (Phi) is 6.89. The molecule has 0 atom stereocenters. The van der Waals surface area contributed by atoms with Gasteiger partial charge in [0, 0.05) is 47.4 Å². The van der Waals surface area contributed by atoms with E-state index >= 15 is 0 Å². The Bertz CT molecular complexity index is 1770. The van der Waals surface area contributed by atoms with Gasteiger partial charge < -0.3 is 14.8 Å². The third-order valence-corrected chi connectivity index (χ3v) is 8.41. The topological polar surface area (TPSA) is 74.1 Å². The molecule has 7 nitrogen and oxygen atoms in total. The number of hydrogen-bond donors (Lipinski definition) is 1. The maximum absolute atomic E-state index is 5.48. The third-order valence-electron chi connectivity index (χ3n) is 7.72. The number of ether oxygens (including phenoxy) is 2. The number of hydrogen-bond acceptors (Lipinski definition) is 7. The van der Waals surface area contributed by atoms with Gasteiger partial charge in [0.15, 0.2) is 0 Å². The smallest absolute Gasteiger partial charge is 0.222 e. The first kappa shape index (κ1) is 26.0. The van der Waals surface area contributed by atoms with E-state index in [4.69, 9.17) is 14.6 Å². The van der Waals surface area contributed by atoms with Crippen LogP contribution in [0, 0.1) is 0 Å². The second kappa shape index (κ2) is 11.1. The van der Waals surface area contributed by atoms with Gasteiger partial charge in [-0.2, -0.15) is 16.4 Å². The zero-order valence-electron chi connectivity index (χ0n) is 23.3. The van der Waals surface area contributed by atoms with E-state index in [0.717, 1.165) is 51.6 Å². The summed E-state index contributed by atoms with van der Waals surface area (Å²) >= 11 is 1.69. The first-order chi connectivity index (χ1) is 20.7. The van der Waals surface area contributed by atoms with Crippen molar-refractivity contribution in [1.82, 2.24) is 19.7 Å². The maximum atomic E-state index is 5.48. The Balaban J connectivity index is 1.38. The van der Waals surface area contributed by atoms with Gasteiger partial charge in [0.1, 0.15) is 17.5 Å². The van der Waals surface area contributed by atoms with Gasteiger partial charge in [-0.25, -0.2) is 9.97 Å². The van der Waals surface area contributed by atoms with Crippen LogP contribution in [0.1, 0.15) is 33.9 Å². The molecular formula is C34H29N5O2S. The van der Waals surface area contributed by atoms with Gasteiger partial charge in [-0.1, -0.05) is 36.4 Å². The monoisotopic (exact) mass is 571 g/mol. The van der Waals surface area contributed by atoms with Gasteiger partial charge in [-0.05, 0) is 70.1 Å². The Labute approximate surface area is 248 Å². The molecule has 7 rings (SSSR count). The quantitative estimate of drug-likeness (QED) is 0.197. The van der Waals surface area contributed by atoms with Crippen molar-refractivity contribution in [3.63, 3.8) is 0 Å². The van der Waals surface area contributed by atoms with Crippen molar-refractivity contribution in [2.24, 2.45) is 0 Å². The zero-order chi connectivity index (χ0) is 28.5. The average Bonchev–Trinajstić information content (AvgIpc) is 3.79. The van der Waals surface area contributed by atoms with E-state index in [1.165, 1.54) is 16.7 Å². The van der Waals surface area contributed by atoms with Crippen LogP contribution in [-0.2, 0) is 13.0 Å². The number of methoxy groups -OCH3 is 2.